The summed E-state index contributed by atoms with van der Waals surface area (Å²) in [5.41, 5.74) is 3.65. The molecule has 7 rings (SSSR count). The molecule has 5 heterocycles. The van der Waals surface area contributed by atoms with Crippen molar-refractivity contribution in [2.45, 2.75) is 51.0 Å². The Labute approximate surface area is 271 Å². The minimum atomic E-state index is -4.63. The average molecular weight is 666 g/mol. The minimum Gasteiger partial charge on any atom is -0.343 e. The van der Waals surface area contributed by atoms with Crippen molar-refractivity contribution in [3.63, 3.8) is 0 Å². The largest absolute Gasteiger partial charge is 0.406 e. The average Bonchev–Trinajstić information content (AvgIpc) is 3.58. The van der Waals surface area contributed by atoms with Crippen LogP contribution in [0.25, 0.3) is 22.1 Å². The maximum atomic E-state index is 13.8. The van der Waals surface area contributed by atoms with Crippen LogP contribution in [0.2, 0.25) is 5.02 Å². The van der Waals surface area contributed by atoms with E-state index in [9.17, 15) is 27.6 Å². The summed E-state index contributed by atoms with van der Waals surface area (Å²) in [6, 6.07) is 14.7. The summed E-state index contributed by atoms with van der Waals surface area (Å²) in [6.45, 7) is -0.604. The quantitative estimate of drug-likeness (QED) is 0.272. The van der Waals surface area contributed by atoms with Gasteiger partial charge in [-0.05, 0) is 54.2 Å². The third-order valence-corrected chi connectivity index (χ3v) is 9.48. The lowest BCUT2D eigenvalue weighted by Crippen LogP contribution is -2.44. The standard InChI is InChI=1S/C33H31ClF3N7O3/c34-26-14-21-13-22(15-28(45)41-11-8-23(9-12-41)44-27-7-4-10-38-30(27)40-32(44)47)31(46)42(19-33(35,36)37)18-25(21)24-16-39-43(29(24)26)17-20-5-2-1-3-6-20/h1-7,10,14,16,22-23H,8-9,11-13,15,17-19H2,(H,38,40,47)/t22-/m0/s1. The summed E-state index contributed by atoms with van der Waals surface area (Å²) in [7, 11) is 0. The number of H-pyrrole nitrogens is 1. The maximum absolute atomic E-state index is 13.8. The highest BCUT2D eigenvalue weighted by atomic mass is 35.5. The third kappa shape index (κ3) is 6.11. The molecule has 47 heavy (non-hydrogen) atoms. The van der Waals surface area contributed by atoms with E-state index >= 15 is 0 Å². The van der Waals surface area contributed by atoms with Crippen LogP contribution in [0, 0.1) is 5.92 Å². The van der Waals surface area contributed by atoms with Crippen LogP contribution in [-0.4, -0.2) is 71.7 Å². The van der Waals surface area contributed by atoms with Gasteiger partial charge in [0, 0.05) is 43.7 Å². The summed E-state index contributed by atoms with van der Waals surface area (Å²) < 4.78 is 44.7. The van der Waals surface area contributed by atoms with Gasteiger partial charge in [0.25, 0.3) is 0 Å². The summed E-state index contributed by atoms with van der Waals surface area (Å²) in [5.74, 6) is -2.03. The number of alkyl halides is 3. The lowest BCUT2D eigenvalue weighted by molar-refractivity contribution is -0.165. The number of hydrogen-bond acceptors (Lipinski definition) is 5. The zero-order chi connectivity index (χ0) is 32.9. The Kier molecular flexibility index (Phi) is 8.03. The number of carbonyl (C=O) groups excluding carboxylic acids is 2. The van der Waals surface area contributed by atoms with E-state index in [-0.39, 0.29) is 37.0 Å². The van der Waals surface area contributed by atoms with Crippen LogP contribution in [0.4, 0.5) is 13.2 Å². The molecule has 1 fully saturated rings. The summed E-state index contributed by atoms with van der Waals surface area (Å²) >= 11 is 6.77. The normalized spacial score (nSPS) is 17.8. The van der Waals surface area contributed by atoms with E-state index in [0.29, 0.717) is 70.7 Å². The molecule has 14 heteroatoms. The molecule has 0 spiro atoms. The molecular weight excluding hydrogens is 635 g/mol. The Hall–Kier alpha value is -4.65. The Morgan fingerprint density at radius 1 is 1.06 bits per heavy atom. The third-order valence-electron chi connectivity index (χ3n) is 9.19. The van der Waals surface area contributed by atoms with Crippen LogP contribution >= 0.6 is 11.6 Å². The molecule has 3 aromatic heterocycles. The highest BCUT2D eigenvalue weighted by Crippen LogP contribution is 2.37. The van der Waals surface area contributed by atoms with E-state index in [1.165, 1.54) is 0 Å². The molecule has 2 aliphatic rings. The van der Waals surface area contributed by atoms with Gasteiger partial charge in [0.05, 0.1) is 34.7 Å². The number of amides is 2. The van der Waals surface area contributed by atoms with Gasteiger partial charge in [0.2, 0.25) is 11.8 Å². The Morgan fingerprint density at radius 2 is 1.83 bits per heavy atom. The minimum absolute atomic E-state index is 0.0714. The number of nitrogens with zero attached hydrogens (tertiary/aromatic N) is 6. The van der Waals surface area contributed by atoms with Gasteiger partial charge in [-0.2, -0.15) is 18.3 Å². The van der Waals surface area contributed by atoms with Crippen molar-refractivity contribution < 1.29 is 22.8 Å². The van der Waals surface area contributed by atoms with Crippen LogP contribution in [0.5, 0.6) is 0 Å². The molecule has 1 atom stereocenters. The highest BCUT2D eigenvalue weighted by Gasteiger charge is 2.40. The molecule has 2 aliphatic heterocycles. The van der Waals surface area contributed by atoms with Crippen molar-refractivity contribution in [3.8, 4) is 0 Å². The van der Waals surface area contributed by atoms with E-state index in [1.54, 1.807) is 38.7 Å². The molecule has 1 N–H and O–H groups in total. The topological polar surface area (TPSA) is 109 Å². The van der Waals surface area contributed by atoms with E-state index in [4.69, 9.17) is 11.6 Å². The lowest BCUT2D eigenvalue weighted by atomic mass is 9.92. The molecule has 5 aromatic rings. The molecule has 2 aromatic carbocycles. The van der Waals surface area contributed by atoms with Gasteiger partial charge >= 0.3 is 11.9 Å². The second-order valence-corrected chi connectivity index (χ2v) is 12.7. The van der Waals surface area contributed by atoms with E-state index < -0.39 is 24.5 Å². The van der Waals surface area contributed by atoms with Crippen LogP contribution in [-0.2, 0) is 29.1 Å². The van der Waals surface area contributed by atoms with Gasteiger partial charge in [-0.15, -0.1) is 0 Å². The van der Waals surface area contributed by atoms with Gasteiger partial charge in [0.1, 0.15) is 6.54 Å². The number of hydrogen-bond donors (Lipinski definition) is 1. The Bertz CT molecular complexity index is 2030. The molecule has 0 bridgehead atoms. The Morgan fingerprint density at radius 3 is 2.57 bits per heavy atom. The number of fused-ring (bicyclic) bond motifs is 4. The number of imidazole rings is 1. The van der Waals surface area contributed by atoms with E-state index in [1.807, 2.05) is 36.4 Å². The van der Waals surface area contributed by atoms with E-state index in [2.05, 4.69) is 15.1 Å². The fourth-order valence-electron chi connectivity index (χ4n) is 7.01. The Balaban J connectivity index is 1.13. The number of pyridine rings is 1. The van der Waals surface area contributed by atoms with Crippen molar-refractivity contribution in [2.75, 3.05) is 19.6 Å². The van der Waals surface area contributed by atoms with Crippen LogP contribution in [0.15, 0.2) is 65.7 Å². The number of nitrogens with one attached hydrogen (secondary N) is 1. The monoisotopic (exact) mass is 665 g/mol. The van der Waals surface area contributed by atoms with Gasteiger partial charge in [0.15, 0.2) is 5.65 Å². The number of aromatic amines is 1. The number of likely N-dealkylation sites (tertiary alicyclic amines) is 1. The molecule has 0 saturated carbocycles. The van der Waals surface area contributed by atoms with Gasteiger partial charge in [-0.1, -0.05) is 41.9 Å². The van der Waals surface area contributed by atoms with Crippen LogP contribution < -0.4 is 5.69 Å². The first kappa shape index (κ1) is 31.0. The molecular formula is C33H31ClF3N7O3. The fourth-order valence-corrected chi connectivity index (χ4v) is 7.34. The second-order valence-electron chi connectivity index (χ2n) is 12.2. The first-order valence-electron chi connectivity index (χ1n) is 15.4. The van der Waals surface area contributed by atoms with Crippen LogP contribution in [0.1, 0.15) is 42.0 Å². The smallest absolute Gasteiger partial charge is 0.343 e. The van der Waals surface area contributed by atoms with Gasteiger partial charge in [-0.3, -0.25) is 23.8 Å². The SMILES string of the molecule is O=C(C[C@@H]1Cc2cc(Cl)c3c(cnn3Cc3ccccc3)c2CN(CC(F)(F)F)C1=O)N1CCC(n2c(=O)[nH]c3ncccc32)CC1. The number of rotatable bonds is 6. The number of aromatic nitrogens is 5. The van der Waals surface area contributed by atoms with Gasteiger partial charge in [-0.25, -0.2) is 9.78 Å². The van der Waals surface area contributed by atoms with Crippen molar-refractivity contribution in [2.24, 2.45) is 5.92 Å². The highest BCUT2D eigenvalue weighted by molar-refractivity contribution is 6.35. The predicted octanol–water partition coefficient (Wildman–Crippen LogP) is 5.09. The van der Waals surface area contributed by atoms with Crippen molar-refractivity contribution in [1.29, 1.82) is 0 Å². The molecule has 0 aliphatic carbocycles. The van der Waals surface area contributed by atoms with E-state index in [0.717, 1.165) is 10.5 Å². The van der Waals surface area contributed by atoms with Gasteiger partial charge < -0.3 is 9.80 Å². The van der Waals surface area contributed by atoms with Crippen molar-refractivity contribution in [3.05, 3.63) is 93.1 Å². The second kappa shape index (κ2) is 12.2. The number of carbonyl (C=O) groups is 2. The lowest BCUT2D eigenvalue weighted by Gasteiger charge is -2.33. The molecule has 244 valence electrons. The predicted molar refractivity (Wildman–Crippen MR) is 169 cm³/mol. The van der Waals surface area contributed by atoms with Crippen molar-refractivity contribution in [1.82, 2.24) is 34.1 Å². The zero-order valence-corrected chi connectivity index (χ0v) is 26.0. The fraction of sp³-hybridized carbons (Fsp3) is 0.364. The molecule has 10 nitrogen and oxygen atoms in total. The van der Waals surface area contributed by atoms with Crippen molar-refractivity contribution >= 4 is 45.5 Å². The number of benzene rings is 2. The summed E-state index contributed by atoms with van der Waals surface area (Å²) in [5, 5.41) is 5.46. The first-order chi connectivity index (χ1) is 22.6. The number of piperidine rings is 1. The molecule has 0 radical (unpaired) electrons. The summed E-state index contributed by atoms with van der Waals surface area (Å²) in [4.78, 5) is 49.3. The van der Waals surface area contributed by atoms with Crippen LogP contribution in [0.3, 0.4) is 0 Å². The zero-order valence-electron chi connectivity index (χ0n) is 25.2. The maximum Gasteiger partial charge on any atom is 0.406 e. The molecule has 2 amide bonds. The molecule has 1 saturated heterocycles. The molecule has 0 unspecified atom stereocenters. The first-order valence-corrected chi connectivity index (χ1v) is 15.8. The summed E-state index contributed by atoms with van der Waals surface area (Å²) in [6.07, 6.45) is -0.591. The number of halogens is 4.